The van der Waals surface area contributed by atoms with Gasteiger partial charge in [0.05, 0.1) is 16.9 Å². The van der Waals surface area contributed by atoms with Crippen LogP contribution in [0.25, 0.3) is 0 Å². The molecule has 0 bridgehead atoms. The highest BCUT2D eigenvalue weighted by Crippen LogP contribution is 2.26. The number of rotatable bonds is 5. The van der Waals surface area contributed by atoms with E-state index in [0.29, 0.717) is 22.9 Å². The van der Waals surface area contributed by atoms with Crippen LogP contribution in [0.15, 0.2) is 54.7 Å². The first-order valence-electron chi connectivity index (χ1n) is 7.37. The number of hydrogen-bond donors (Lipinski definition) is 2. The molecule has 0 saturated carbocycles. The van der Waals surface area contributed by atoms with Gasteiger partial charge in [-0.1, -0.05) is 47.1 Å². The molecule has 2 aromatic carbocycles. The summed E-state index contributed by atoms with van der Waals surface area (Å²) < 4.78 is 1.41. The second-order valence-corrected chi connectivity index (χ2v) is 5.64. The molecule has 122 valence electrons. The van der Waals surface area contributed by atoms with E-state index in [4.69, 9.17) is 11.6 Å². The van der Waals surface area contributed by atoms with Crippen molar-refractivity contribution in [2.75, 3.05) is 10.6 Å². The van der Waals surface area contributed by atoms with Gasteiger partial charge in [0.25, 0.3) is 5.91 Å². The Morgan fingerprint density at radius 1 is 1.21 bits per heavy atom. The molecule has 0 radical (unpaired) electrons. The standard InChI is InChI=1S/C17H16ClN5O/c1-23-16(11-20-22-23)17(24)21-13-7-8-15(14(18)9-13)19-10-12-5-3-2-4-6-12/h2-9,11,19H,10H2,1H3,(H,21,24). The summed E-state index contributed by atoms with van der Waals surface area (Å²) in [5.41, 5.74) is 2.95. The smallest absolute Gasteiger partial charge is 0.275 e. The van der Waals surface area contributed by atoms with E-state index in [1.165, 1.54) is 10.9 Å². The van der Waals surface area contributed by atoms with Gasteiger partial charge in [-0.2, -0.15) is 0 Å². The van der Waals surface area contributed by atoms with Gasteiger partial charge in [-0.3, -0.25) is 4.79 Å². The van der Waals surface area contributed by atoms with Crippen molar-refractivity contribution in [1.29, 1.82) is 0 Å². The minimum Gasteiger partial charge on any atom is -0.380 e. The van der Waals surface area contributed by atoms with Crippen LogP contribution in [0.4, 0.5) is 11.4 Å². The molecule has 1 amide bonds. The third-order valence-corrected chi connectivity index (χ3v) is 3.81. The van der Waals surface area contributed by atoms with Crippen molar-refractivity contribution in [1.82, 2.24) is 15.0 Å². The van der Waals surface area contributed by atoms with Gasteiger partial charge in [0.2, 0.25) is 0 Å². The number of carbonyl (C=O) groups is 1. The van der Waals surface area contributed by atoms with Crippen LogP contribution in [0, 0.1) is 0 Å². The van der Waals surface area contributed by atoms with Crippen molar-refractivity contribution in [3.8, 4) is 0 Å². The Kier molecular flexibility index (Phi) is 4.77. The van der Waals surface area contributed by atoms with Crippen LogP contribution in [0.2, 0.25) is 5.02 Å². The van der Waals surface area contributed by atoms with Gasteiger partial charge < -0.3 is 10.6 Å². The number of carbonyl (C=O) groups excluding carboxylic acids is 1. The minimum atomic E-state index is -0.288. The Morgan fingerprint density at radius 3 is 2.67 bits per heavy atom. The number of halogens is 1. The lowest BCUT2D eigenvalue weighted by atomic mass is 10.2. The van der Waals surface area contributed by atoms with Gasteiger partial charge in [0.1, 0.15) is 5.69 Å². The molecule has 7 heteroatoms. The Morgan fingerprint density at radius 2 is 2.00 bits per heavy atom. The van der Waals surface area contributed by atoms with E-state index in [0.717, 1.165) is 11.3 Å². The van der Waals surface area contributed by atoms with E-state index >= 15 is 0 Å². The molecule has 1 heterocycles. The fraction of sp³-hybridized carbons (Fsp3) is 0.118. The molecule has 0 spiro atoms. The number of nitrogens with zero attached hydrogens (tertiary/aromatic N) is 3. The topological polar surface area (TPSA) is 71.8 Å². The molecule has 0 fully saturated rings. The number of amides is 1. The molecular weight excluding hydrogens is 326 g/mol. The average Bonchev–Trinajstić information content (AvgIpc) is 3.01. The predicted molar refractivity (Wildman–Crippen MR) is 94.2 cm³/mol. The normalized spacial score (nSPS) is 10.4. The first-order valence-corrected chi connectivity index (χ1v) is 7.74. The molecule has 0 aliphatic rings. The zero-order chi connectivity index (χ0) is 16.9. The van der Waals surface area contributed by atoms with E-state index < -0.39 is 0 Å². The summed E-state index contributed by atoms with van der Waals surface area (Å²) >= 11 is 6.29. The lowest BCUT2D eigenvalue weighted by molar-refractivity contribution is 0.101. The van der Waals surface area contributed by atoms with Gasteiger partial charge in [0.15, 0.2) is 0 Å². The van der Waals surface area contributed by atoms with Crippen molar-refractivity contribution >= 4 is 28.9 Å². The molecule has 2 N–H and O–H groups in total. The summed E-state index contributed by atoms with van der Waals surface area (Å²) in [7, 11) is 1.66. The second-order valence-electron chi connectivity index (χ2n) is 5.23. The van der Waals surface area contributed by atoms with Crippen LogP contribution in [-0.4, -0.2) is 20.9 Å². The summed E-state index contributed by atoms with van der Waals surface area (Å²) in [5, 5.41) is 14.0. The van der Waals surface area contributed by atoms with Crippen molar-refractivity contribution in [3.63, 3.8) is 0 Å². The fourth-order valence-corrected chi connectivity index (χ4v) is 2.47. The molecule has 0 aliphatic heterocycles. The number of aryl methyl sites for hydroxylation is 1. The summed E-state index contributed by atoms with van der Waals surface area (Å²) in [5.74, 6) is -0.288. The maximum Gasteiger partial charge on any atom is 0.275 e. The van der Waals surface area contributed by atoms with Gasteiger partial charge in [-0.05, 0) is 23.8 Å². The van der Waals surface area contributed by atoms with E-state index in [-0.39, 0.29) is 5.91 Å². The molecule has 24 heavy (non-hydrogen) atoms. The third kappa shape index (κ3) is 3.72. The molecule has 1 aromatic heterocycles. The van der Waals surface area contributed by atoms with E-state index in [2.05, 4.69) is 20.9 Å². The van der Waals surface area contributed by atoms with Crippen LogP contribution in [-0.2, 0) is 13.6 Å². The van der Waals surface area contributed by atoms with Crippen LogP contribution in [0.3, 0.4) is 0 Å². The second kappa shape index (κ2) is 7.14. The highest BCUT2D eigenvalue weighted by molar-refractivity contribution is 6.33. The van der Waals surface area contributed by atoms with Crippen LogP contribution < -0.4 is 10.6 Å². The fourth-order valence-electron chi connectivity index (χ4n) is 2.22. The monoisotopic (exact) mass is 341 g/mol. The van der Waals surface area contributed by atoms with Crippen LogP contribution >= 0.6 is 11.6 Å². The summed E-state index contributed by atoms with van der Waals surface area (Å²) in [6.45, 7) is 0.674. The maximum absolute atomic E-state index is 12.1. The maximum atomic E-state index is 12.1. The molecule has 6 nitrogen and oxygen atoms in total. The Labute approximate surface area is 144 Å². The molecule has 3 rings (SSSR count). The number of aromatic nitrogens is 3. The predicted octanol–water partition coefficient (Wildman–Crippen LogP) is 3.33. The lowest BCUT2D eigenvalue weighted by Gasteiger charge is -2.11. The van der Waals surface area contributed by atoms with E-state index in [1.807, 2.05) is 36.4 Å². The average molecular weight is 342 g/mol. The number of anilines is 2. The molecule has 0 saturated heterocycles. The first kappa shape index (κ1) is 16.0. The SMILES string of the molecule is Cn1nncc1C(=O)Nc1ccc(NCc2ccccc2)c(Cl)c1. The Bertz CT molecular complexity index is 847. The summed E-state index contributed by atoms with van der Waals surface area (Å²) in [6, 6.07) is 15.4. The molecule has 0 unspecified atom stereocenters. The third-order valence-electron chi connectivity index (χ3n) is 3.50. The summed E-state index contributed by atoms with van der Waals surface area (Å²) in [4.78, 5) is 12.1. The van der Waals surface area contributed by atoms with Gasteiger partial charge in [-0.15, -0.1) is 5.10 Å². The molecule has 0 aliphatic carbocycles. The number of hydrogen-bond acceptors (Lipinski definition) is 4. The van der Waals surface area contributed by atoms with Crippen molar-refractivity contribution in [3.05, 3.63) is 71.0 Å². The van der Waals surface area contributed by atoms with Gasteiger partial charge >= 0.3 is 0 Å². The molecule has 3 aromatic rings. The largest absolute Gasteiger partial charge is 0.380 e. The zero-order valence-electron chi connectivity index (χ0n) is 13.0. The number of benzene rings is 2. The van der Waals surface area contributed by atoms with Crippen molar-refractivity contribution < 1.29 is 4.79 Å². The Hall–Kier alpha value is -2.86. The molecular formula is C17H16ClN5O. The van der Waals surface area contributed by atoms with Crippen LogP contribution in [0.5, 0.6) is 0 Å². The number of nitrogens with one attached hydrogen (secondary N) is 2. The highest BCUT2D eigenvalue weighted by Gasteiger charge is 2.12. The zero-order valence-corrected chi connectivity index (χ0v) is 13.8. The van der Waals surface area contributed by atoms with Crippen molar-refractivity contribution in [2.24, 2.45) is 7.05 Å². The quantitative estimate of drug-likeness (QED) is 0.746. The minimum absolute atomic E-state index is 0.288. The van der Waals surface area contributed by atoms with E-state index in [9.17, 15) is 4.79 Å². The Balaban J connectivity index is 1.66. The molecule has 0 atom stereocenters. The van der Waals surface area contributed by atoms with E-state index in [1.54, 1.807) is 19.2 Å². The summed E-state index contributed by atoms with van der Waals surface area (Å²) in [6.07, 6.45) is 1.41. The van der Waals surface area contributed by atoms with Gasteiger partial charge in [0, 0.05) is 19.3 Å². The van der Waals surface area contributed by atoms with Gasteiger partial charge in [-0.25, -0.2) is 4.68 Å². The highest BCUT2D eigenvalue weighted by atomic mass is 35.5. The van der Waals surface area contributed by atoms with Crippen LogP contribution in [0.1, 0.15) is 16.1 Å². The lowest BCUT2D eigenvalue weighted by Crippen LogP contribution is -2.16. The first-order chi connectivity index (χ1) is 11.6. The van der Waals surface area contributed by atoms with Crippen molar-refractivity contribution in [2.45, 2.75) is 6.54 Å².